The summed E-state index contributed by atoms with van der Waals surface area (Å²) in [5, 5.41) is 10.1. The molecule has 1 N–H and O–H groups in total. The maximum absolute atomic E-state index is 10.1. The highest BCUT2D eigenvalue weighted by Crippen LogP contribution is 2.39. The van der Waals surface area contributed by atoms with Gasteiger partial charge >= 0.3 is 0 Å². The molecule has 2 heteroatoms. The molecule has 0 amide bonds. The fraction of sp³-hybridized carbons (Fsp3) is 0.538. The lowest BCUT2D eigenvalue weighted by molar-refractivity contribution is 0.412. The molecule has 0 radical (unpaired) electrons. The average molecular weight is 269 g/mol. The molecule has 1 saturated carbocycles. The predicted octanol–water partition coefficient (Wildman–Crippen LogP) is 4.51. The molecule has 0 heterocycles. The van der Waals surface area contributed by atoms with Crippen LogP contribution in [0.5, 0.6) is 5.75 Å². The minimum absolute atomic E-state index is 0.505. The van der Waals surface area contributed by atoms with Gasteiger partial charge in [-0.25, -0.2) is 0 Å². The van der Waals surface area contributed by atoms with Crippen LogP contribution in [-0.4, -0.2) is 5.11 Å². The van der Waals surface area contributed by atoms with Gasteiger partial charge in [0, 0.05) is 4.47 Å². The Morgan fingerprint density at radius 3 is 2.53 bits per heavy atom. The molecule has 1 aliphatic carbocycles. The molecule has 0 unspecified atom stereocenters. The number of hydrogen-bond acceptors (Lipinski definition) is 1. The van der Waals surface area contributed by atoms with E-state index in [1.807, 2.05) is 13.0 Å². The predicted molar refractivity (Wildman–Crippen MR) is 66.4 cm³/mol. The van der Waals surface area contributed by atoms with Crippen molar-refractivity contribution in [1.82, 2.24) is 0 Å². The average Bonchev–Trinajstić information content (AvgIpc) is 2.24. The first-order valence-corrected chi connectivity index (χ1v) is 6.47. The van der Waals surface area contributed by atoms with E-state index < -0.39 is 0 Å². The van der Waals surface area contributed by atoms with Gasteiger partial charge in [-0.05, 0) is 48.9 Å². The molecular formula is C13H17BrO. The standard InChI is InChI=1S/C13H17BrO/c1-9-7-11(14)8-12(13(9)15)10-5-3-2-4-6-10/h7-8,10,15H,2-6H2,1H3. The Morgan fingerprint density at radius 1 is 1.20 bits per heavy atom. The van der Waals surface area contributed by atoms with Crippen molar-refractivity contribution < 1.29 is 5.11 Å². The first kappa shape index (κ1) is 11.0. The summed E-state index contributed by atoms with van der Waals surface area (Å²) in [7, 11) is 0. The normalized spacial score (nSPS) is 18.0. The summed E-state index contributed by atoms with van der Waals surface area (Å²) in [6.07, 6.45) is 6.41. The second kappa shape index (κ2) is 4.56. The summed E-state index contributed by atoms with van der Waals surface area (Å²) in [6.45, 7) is 1.96. The number of hydrogen-bond donors (Lipinski definition) is 1. The van der Waals surface area contributed by atoms with Crippen molar-refractivity contribution in [3.8, 4) is 5.75 Å². The number of phenols is 1. The van der Waals surface area contributed by atoms with Crippen LogP contribution in [0, 0.1) is 6.92 Å². The van der Waals surface area contributed by atoms with Crippen LogP contribution < -0.4 is 0 Å². The number of phenolic OH excluding ortho intramolecular Hbond substituents is 1. The van der Waals surface area contributed by atoms with E-state index in [1.54, 1.807) is 0 Å². The third-order valence-electron chi connectivity index (χ3n) is 3.34. The molecule has 1 aromatic rings. The number of benzene rings is 1. The van der Waals surface area contributed by atoms with E-state index in [2.05, 4.69) is 22.0 Å². The fourth-order valence-corrected chi connectivity index (χ4v) is 3.08. The van der Waals surface area contributed by atoms with Gasteiger partial charge in [0.2, 0.25) is 0 Å². The van der Waals surface area contributed by atoms with Crippen molar-refractivity contribution in [1.29, 1.82) is 0 Å². The number of rotatable bonds is 1. The zero-order valence-corrected chi connectivity index (χ0v) is 10.7. The largest absolute Gasteiger partial charge is 0.507 e. The zero-order valence-electron chi connectivity index (χ0n) is 9.09. The van der Waals surface area contributed by atoms with E-state index in [0.717, 1.165) is 15.6 Å². The molecule has 0 saturated heterocycles. The number of aromatic hydroxyl groups is 1. The smallest absolute Gasteiger partial charge is 0.122 e. The van der Waals surface area contributed by atoms with E-state index in [-0.39, 0.29) is 0 Å². The van der Waals surface area contributed by atoms with E-state index in [1.165, 1.54) is 32.1 Å². The maximum Gasteiger partial charge on any atom is 0.122 e. The Hall–Kier alpha value is -0.500. The van der Waals surface area contributed by atoms with Gasteiger partial charge in [-0.1, -0.05) is 35.2 Å². The molecular weight excluding hydrogens is 252 g/mol. The van der Waals surface area contributed by atoms with Crippen molar-refractivity contribution in [2.75, 3.05) is 0 Å². The first-order valence-electron chi connectivity index (χ1n) is 5.67. The van der Waals surface area contributed by atoms with Crippen LogP contribution in [0.4, 0.5) is 0 Å². The van der Waals surface area contributed by atoms with Crippen LogP contribution >= 0.6 is 15.9 Å². The van der Waals surface area contributed by atoms with E-state index in [4.69, 9.17) is 0 Å². The van der Waals surface area contributed by atoms with E-state index in [0.29, 0.717) is 11.7 Å². The molecule has 0 aliphatic heterocycles. The summed E-state index contributed by atoms with van der Waals surface area (Å²) in [5.41, 5.74) is 2.12. The summed E-state index contributed by atoms with van der Waals surface area (Å²) >= 11 is 3.50. The van der Waals surface area contributed by atoms with E-state index >= 15 is 0 Å². The Balaban J connectivity index is 2.33. The molecule has 1 aliphatic rings. The van der Waals surface area contributed by atoms with Gasteiger partial charge in [-0.3, -0.25) is 0 Å². The second-order valence-electron chi connectivity index (χ2n) is 4.50. The molecule has 0 spiro atoms. The molecule has 0 bridgehead atoms. The molecule has 0 atom stereocenters. The van der Waals surface area contributed by atoms with Crippen LogP contribution in [0.15, 0.2) is 16.6 Å². The van der Waals surface area contributed by atoms with Gasteiger partial charge in [0.15, 0.2) is 0 Å². The van der Waals surface area contributed by atoms with Gasteiger partial charge < -0.3 is 5.11 Å². The quantitative estimate of drug-likeness (QED) is 0.795. The SMILES string of the molecule is Cc1cc(Br)cc(C2CCCCC2)c1O. The van der Waals surface area contributed by atoms with Crippen LogP contribution in [0.1, 0.15) is 49.1 Å². The Bertz CT molecular complexity index is 354. The number of halogens is 1. The highest BCUT2D eigenvalue weighted by molar-refractivity contribution is 9.10. The lowest BCUT2D eigenvalue weighted by Crippen LogP contribution is -2.05. The topological polar surface area (TPSA) is 20.2 Å². The van der Waals surface area contributed by atoms with Crippen molar-refractivity contribution in [3.63, 3.8) is 0 Å². The minimum Gasteiger partial charge on any atom is -0.507 e. The van der Waals surface area contributed by atoms with Gasteiger partial charge in [-0.15, -0.1) is 0 Å². The monoisotopic (exact) mass is 268 g/mol. The highest BCUT2D eigenvalue weighted by atomic mass is 79.9. The number of aryl methyl sites for hydroxylation is 1. The van der Waals surface area contributed by atoms with E-state index in [9.17, 15) is 5.11 Å². The van der Waals surface area contributed by atoms with Gasteiger partial charge in [0.1, 0.15) is 5.75 Å². The molecule has 1 nitrogen and oxygen atoms in total. The van der Waals surface area contributed by atoms with Crippen LogP contribution in [0.25, 0.3) is 0 Å². The lowest BCUT2D eigenvalue weighted by atomic mass is 9.83. The molecule has 15 heavy (non-hydrogen) atoms. The molecule has 1 aromatic carbocycles. The van der Waals surface area contributed by atoms with Crippen molar-refractivity contribution in [3.05, 3.63) is 27.7 Å². The molecule has 1 fully saturated rings. The third-order valence-corrected chi connectivity index (χ3v) is 3.80. The Kier molecular flexibility index (Phi) is 3.35. The van der Waals surface area contributed by atoms with Crippen LogP contribution in [0.3, 0.4) is 0 Å². The summed E-state index contributed by atoms with van der Waals surface area (Å²) in [4.78, 5) is 0. The molecule has 82 valence electrons. The lowest BCUT2D eigenvalue weighted by Gasteiger charge is -2.23. The zero-order chi connectivity index (χ0) is 10.8. The summed E-state index contributed by atoms with van der Waals surface area (Å²) in [5.74, 6) is 1.07. The summed E-state index contributed by atoms with van der Waals surface area (Å²) in [6, 6.07) is 4.06. The Labute approximate surface area is 99.6 Å². The molecule has 0 aromatic heterocycles. The van der Waals surface area contributed by atoms with Crippen LogP contribution in [-0.2, 0) is 0 Å². The van der Waals surface area contributed by atoms with Crippen LogP contribution in [0.2, 0.25) is 0 Å². The van der Waals surface area contributed by atoms with Crippen molar-refractivity contribution in [2.24, 2.45) is 0 Å². The van der Waals surface area contributed by atoms with Crippen molar-refractivity contribution in [2.45, 2.75) is 44.9 Å². The first-order chi connectivity index (χ1) is 7.18. The van der Waals surface area contributed by atoms with Crippen molar-refractivity contribution >= 4 is 15.9 Å². The summed E-state index contributed by atoms with van der Waals surface area (Å²) < 4.78 is 1.08. The second-order valence-corrected chi connectivity index (χ2v) is 5.41. The van der Waals surface area contributed by atoms with Gasteiger partial charge in [0.05, 0.1) is 0 Å². The molecule has 2 rings (SSSR count). The van der Waals surface area contributed by atoms with Gasteiger partial charge in [0.25, 0.3) is 0 Å². The van der Waals surface area contributed by atoms with Gasteiger partial charge in [-0.2, -0.15) is 0 Å². The highest BCUT2D eigenvalue weighted by Gasteiger charge is 2.19. The maximum atomic E-state index is 10.1. The third kappa shape index (κ3) is 2.36. The Morgan fingerprint density at radius 2 is 1.87 bits per heavy atom. The fourth-order valence-electron chi connectivity index (χ4n) is 2.49. The minimum atomic E-state index is 0.505.